The summed E-state index contributed by atoms with van der Waals surface area (Å²) in [5.74, 6) is 0.739. The van der Waals surface area contributed by atoms with E-state index in [0.29, 0.717) is 35.2 Å². The van der Waals surface area contributed by atoms with Crippen molar-refractivity contribution in [2.24, 2.45) is 0 Å². The molecule has 32 heavy (non-hydrogen) atoms. The summed E-state index contributed by atoms with van der Waals surface area (Å²) in [6, 6.07) is 13.5. The van der Waals surface area contributed by atoms with Crippen molar-refractivity contribution < 1.29 is 22.7 Å². The Morgan fingerprint density at radius 3 is 2.44 bits per heavy atom. The average Bonchev–Trinajstić information content (AvgIpc) is 3.50. The van der Waals surface area contributed by atoms with Gasteiger partial charge in [0.25, 0.3) is 0 Å². The molecular weight excluding hydrogens is 448 g/mol. The molecule has 1 saturated carbocycles. The third-order valence-corrected chi connectivity index (χ3v) is 9.07. The van der Waals surface area contributed by atoms with E-state index >= 15 is 0 Å². The summed E-state index contributed by atoms with van der Waals surface area (Å²) >= 11 is 1.24. The Balaban J connectivity index is 1.64. The Kier molecular flexibility index (Phi) is 6.21. The summed E-state index contributed by atoms with van der Waals surface area (Å²) < 4.78 is 36.1. The van der Waals surface area contributed by atoms with Gasteiger partial charge in [-0.3, -0.25) is 4.79 Å². The Morgan fingerprint density at radius 2 is 1.78 bits per heavy atom. The van der Waals surface area contributed by atoms with Crippen LogP contribution in [-0.4, -0.2) is 38.3 Å². The maximum absolute atomic E-state index is 13.5. The fourth-order valence-electron chi connectivity index (χ4n) is 4.07. The van der Waals surface area contributed by atoms with Gasteiger partial charge in [0.2, 0.25) is 5.91 Å². The van der Waals surface area contributed by atoms with Crippen molar-refractivity contribution in [3.63, 3.8) is 0 Å². The fourth-order valence-corrected chi connectivity index (χ4v) is 6.86. The molecule has 9 heteroatoms. The van der Waals surface area contributed by atoms with Gasteiger partial charge in [0.15, 0.2) is 19.7 Å². The molecule has 1 amide bonds. The van der Waals surface area contributed by atoms with Gasteiger partial charge in [-0.1, -0.05) is 31.0 Å². The number of rotatable bonds is 7. The molecule has 1 fully saturated rings. The Hall–Kier alpha value is -2.91. The number of hydrogen-bond acceptors (Lipinski definition) is 7. The number of methoxy groups -OCH3 is 2. The predicted octanol–water partition coefficient (Wildman–Crippen LogP) is 4.55. The summed E-state index contributed by atoms with van der Waals surface area (Å²) in [5.41, 5.74) is 1.32. The van der Waals surface area contributed by atoms with Crippen LogP contribution in [-0.2, 0) is 14.6 Å². The second kappa shape index (κ2) is 8.91. The summed E-state index contributed by atoms with van der Waals surface area (Å²) in [5, 5.41) is 4.90. The maximum atomic E-state index is 13.5. The van der Waals surface area contributed by atoms with Gasteiger partial charge in [0.1, 0.15) is 11.5 Å². The average molecular weight is 473 g/mol. The van der Waals surface area contributed by atoms with Gasteiger partial charge in [0.05, 0.1) is 24.8 Å². The van der Waals surface area contributed by atoms with Crippen LogP contribution >= 0.6 is 11.3 Å². The number of anilines is 1. The number of nitrogens with one attached hydrogen (secondary N) is 1. The third kappa shape index (κ3) is 3.86. The van der Waals surface area contributed by atoms with E-state index in [1.54, 1.807) is 68.1 Å². The standard InChI is InChI=1S/C23H24N2O5S2/c1-29-16-10-11-20(30-2)18(14-16)19-15-31-22(24-19)25-21(26)23(12-6-7-13-23)32(27,28)17-8-4-3-5-9-17/h3-5,8-11,14-15H,6-7,12-13H2,1-2H3,(H,24,25,26). The van der Waals surface area contributed by atoms with Gasteiger partial charge in [0, 0.05) is 10.9 Å². The van der Waals surface area contributed by atoms with E-state index < -0.39 is 20.5 Å². The monoisotopic (exact) mass is 472 g/mol. The largest absolute Gasteiger partial charge is 0.497 e. The van der Waals surface area contributed by atoms with Gasteiger partial charge in [-0.2, -0.15) is 0 Å². The second-order valence-electron chi connectivity index (χ2n) is 7.58. The highest BCUT2D eigenvalue weighted by Gasteiger charge is 2.53. The minimum atomic E-state index is -3.86. The minimum Gasteiger partial charge on any atom is -0.497 e. The lowest BCUT2D eigenvalue weighted by Gasteiger charge is -2.27. The van der Waals surface area contributed by atoms with Crippen molar-refractivity contribution in [1.29, 1.82) is 0 Å². The molecule has 0 saturated heterocycles. The van der Waals surface area contributed by atoms with E-state index in [1.165, 1.54) is 11.3 Å². The van der Waals surface area contributed by atoms with E-state index in [9.17, 15) is 13.2 Å². The van der Waals surface area contributed by atoms with E-state index in [1.807, 2.05) is 0 Å². The lowest BCUT2D eigenvalue weighted by molar-refractivity contribution is -0.118. The molecule has 1 N–H and O–H groups in total. The van der Waals surface area contributed by atoms with Crippen molar-refractivity contribution in [3.05, 3.63) is 53.9 Å². The Labute approximate surface area is 191 Å². The molecular formula is C23H24N2O5S2. The van der Waals surface area contributed by atoms with Crippen molar-refractivity contribution in [3.8, 4) is 22.8 Å². The van der Waals surface area contributed by atoms with Crippen molar-refractivity contribution in [2.45, 2.75) is 35.3 Å². The van der Waals surface area contributed by atoms with Crippen molar-refractivity contribution in [1.82, 2.24) is 4.98 Å². The number of aromatic nitrogens is 1. The molecule has 0 aliphatic heterocycles. The van der Waals surface area contributed by atoms with Crippen LogP contribution in [0.25, 0.3) is 11.3 Å². The second-order valence-corrected chi connectivity index (χ2v) is 10.7. The highest BCUT2D eigenvalue weighted by atomic mass is 32.2. The molecule has 3 aromatic rings. The van der Waals surface area contributed by atoms with Crippen LogP contribution in [0.15, 0.2) is 58.8 Å². The SMILES string of the molecule is COc1ccc(OC)c(-c2csc(NC(=O)C3(S(=O)(=O)c4ccccc4)CCCC3)n2)c1. The van der Waals surface area contributed by atoms with Crippen LogP contribution in [0.3, 0.4) is 0 Å². The zero-order chi connectivity index (χ0) is 22.8. The summed E-state index contributed by atoms with van der Waals surface area (Å²) in [7, 11) is -0.712. The zero-order valence-corrected chi connectivity index (χ0v) is 19.5. The van der Waals surface area contributed by atoms with Crippen LogP contribution in [0.4, 0.5) is 5.13 Å². The molecule has 0 unspecified atom stereocenters. The fraction of sp³-hybridized carbons (Fsp3) is 0.304. The van der Waals surface area contributed by atoms with Gasteiger partial charge in [-0.15, -0.1) is 11.3 Å². The van der Waals surface area contributed by atoms with Crippen LogP contribution in [0, 0.1) is 0 Å². The van der Waals surface area contributed by atoms with Gasteiger partial charge >= 0.3 is 0 Å². The van der Waals surface area contributed by atoms with Gasteiger partial charge < -0.3 is 14.8 Å². The molecule has 2 aromatic carbocycles. The number of hydrogen-bond donors (Lipinski definition) is 1. The van der Waals surface area contributed by atoms with E-state index in [0.717, 1.165) is 5.56 Å². The number of nitrogens with zero attached hydrogens (tertiary/aromatic N) is 1. The normalized spacial score (nSPS) is 15.3. The number of benzene rings is 2. The molecule has 1 aliphatic rings. The number of amides is 1. The first-order valence-electron chi connectivity index (χ1n) is 10.2. The quantitative estimate of drug-likeness (QED) is 0.542. The molecule has 1 aliphatic carbocycles. The molecule has 0 radical (unpaired) electrons. The van der Waals surface area contributed by atoms with E-state index in [2.05, 4.69) is 10.3 Å². The molecule has 1 heterocycles. The van der Waals surface area contributed by atoms with Crippen LogP contribution in [0.5, 0.6) is 11.5 Å². The summed E-state index contributed by atoms with van der Waals surface area (Å²) in [6.45, 7) is 0. The zero-order valence-electron chi connectivity index (χ0n) is 17.8. The Morgan fingerprint density at radius 1 is 1.06 bits per heavy atom. The topological polar surface area (TPSA) is 94.6 Å². The third-order valence-electron chi connectivity index (χ3n) is 5.80. The maximum Gasteiger partial charge on any atom is 0.248 e. The number of carbonyl (C=O) groups excluding carboxylic acids is 1. The smallest absolute Gasteiger partial charge is 0.248 e. The molecule has 0 spiro atoms. The molecule has 1 aromatic heterocycles. The summed E-state index contributed by atoms with van der Waals surface area (Å²) in [4.78, 5) is 18.0. The highest BCUT2D eigenvalue weighted by molar-refractivity contribution is 7.93. The highest BCUT2D eigenvalue weighted by Crippen LogP contribution is 2.42. The molecule has 0 atom stereocenters. The van der Waals surface area contributed by atoms with Crippen molar-refractivity contribution in [2.75, 3.05) is 19.5 Å². The molecule has 0 bridgehead atoms. The first kappa shape index (κ1) is 22.3. The number of sulfone groups is 1. The van der Waals surface area contributed by atoms with Crippen LogP contribution < -0.4 is 14.8 Å². The van der Waals surface area contributed by atoms with Crippen LogP contribution in [0.2, 0.25) is 0 Å². The van der Waals surface area contributed by atoms with Gasteiger partial charge in [-0.25, -0.2) is 13.4 Å². The van der Waals surface area contributed by atoms with Crippen molar-refractivity contribution >= 4 is 32.2 Å². The number of carbonyl (C=O) groups is 1. The predicted molar refractivity (Wildman–Crippen MR) is 124 cm³/mol. The van der Waals surface area contributed by atoms with Gasteiger partial charge in [-0.05, 0) is 43.2 Å². The number of thiazole rings is 1. The molecule has 7 nitrogen and oxygen atoms in total. The van der Waals surface area contributed by atoms with Crippen LogP contribution in [0.1, 0.15) is 25.7 Å². The summed E-state index contributed by atoms with van der Waals surface area (Å²) in [6.07, 6.45) is 1.95. The molecule has 168 valence electrons. The number of ether oxygens (including phenoxy) is 2. The minimum absolute atomic E-state index is 0.165. The van der Waals surface area contributed by atoms with E-state index in [-0.39, 0.29) is 17.7 Å². The first-order valence-corrected chi connectivity index (χ1v) is 12.6. The first-order chi connectivity index (χ1) is 15.4. The lowest BCUT2D eigenvalue weighted by Crippen LogP contribution is -2.47. The van der Waals surface area contributed by atoms with E-state index in [4.69, 9.17) is 9.47 Å². The lowest BCUT2D eigenvalue weighted by atomic mass is 10.1. The Bertz CT molecular complexity index is 1220. The molecule has 4 rings (SSSR count).